The summed E-state index contributed by atoms with van der Waals surface area (Å²) in [4.78, 5) is 14.2. The highest BCUT2D eigenvalue weighted by molar-refractivity contribution is 6.04. The monoisotopic (exact) mass is 270 g/mol. The lowest BCUT2D eigenvalue weighted by Gasteiger charge is -2.20. The molecule has 1 heterocycles. The first-order valence-electron chi connectivity index (χ1n) is 6.76. The van der Waals surface area contributed by atoms with Crippen molar-refractivity contribution in [2.24, 2.45) is 0 Å². The minimum absolute atomic E-state index is 0.106. The van der Waals surface area contributed by atoms with Crippen molar-refractivity contribution in [3.63, 3.8) is 0 Å². The predicted molar refractivity (Wildman–Crippen MR) is 79.5 cm³/mol. The van der Waals surface area contributed by atoms with Gasteiger partial charge in [0, 0.05) is 18.8 Å². The van der Waals surface area contributed by atoms with Crippen molar-refractivity contribution < 1.29 is 9.90 Å². The van der Waals surface area contributed by atoms with Gasteiger partial charge >= 0.3 is 0 Å². The van der Waals surface area contributed by atoms with Crippen molar-refractivity contribution in [3.8, 4) is 0 Å². The normalized spacial score (nSPS) is 22.4. The third-order valence-corrected chi connectivity index (χ3v) is 3.89. The van der Waals surface area contributed by atoms with E-state index in [9.17, 15) is 9.90 Å². The van der Waals surface area contributed by atoms with Gasteiger partial charge in [-0.15, -0.1) is 0 Å². The van der Waals surface area contributed by atoms with E-state index in [0.717, 1.165) is 10.8 Å². The third kappa shape index (κ3) is 2.23. The van der Waals surface area contributed by atoms with Crippen LogP contribution in [0.25, 0.3) is 10.8 Å². The number of hydrogen-bond donors (Lipinski definition) is 2. The molecule has 3 N–H and O–H groups in total. The van der Waals surface area contributed by atoms with E-state index < -0.39 is 5.60 Å². The maximum atomic E-state index is 12.5. The van der Waals surface area contributed by atoms with Gasteiger partial charge in [-0.3, -0.25) is 4.79 Å². The molecule has 2 aromatic rings. The van der Waals surface area contributed by atoms with Crippen LogP contribution in [0, 0.1) is 0 Å². The van der Waals surface area contributed by atoms with Crippen molar-refractivity contribution in [1.82, 2.24) is 4.90 Å². The number of carbonyl (C=O) groups excluding carboxylic acids is 1. The van der Waals surface area contributed by atoms with E-state index in [0.29, 0.717) is 30.8 Å². The van der Waals surface area contributed by atoms with Crippen LogP contribution < -0.4 is 5.73 Å². The van der Waals surface area contributed by atoms with Crippen LogP contribution in [-0.4, -0.2) is 34.6 Å². The number of likely N-dealkylation sites (tertiary alicyclic amines) is 1. The highest BCUT2D eigenvalue weighted by atomic mass is 16.3. The Bertz CT molecular complexity index is 679. The number of nitrogen functional groups attached to an aromatic ring is 1. The van der Waals surface area contributed by atoms with E-state index in [2.05, 4.69) is 0 Å². The van der Waals surface area contributed by atoms with Gasteiger partial charge in [-0.1, -0.05) is 24.3 Å². The van der Waals surface area contributed by atoms with Crippen molar-refractivity contribution in [1.29, 1.82) is 0 Å². The molecule has 1 unspecified atom stereocenters. The van der Waals surface area contributed by atoms with Gasteiger partial charge in [-0.2, -0.15) is 0 Å². The lowest BCUT2D eigenvalue weighted by atomic mass is 10.0. The van der Waals surface area contributed by atoms with E-state index in [1.807, 2.05) is 36.4 Å². The fourth-order valence-corrected chi connectivity index (χ4v) is 2.73. The van der Waals surface area contributed by atoms with Gasteiger partial charge in [0.25, 0.3) is 5.91 Å². The van der Waals surface area contributed by atoms with Gasteiger partial charge in [-0.25, -0.2) is 0 Å². The molecule has 1 amide bonds. The summed E-state index contributed by atoms with van der Waals surface area (Å²) in [7, 11) is 0. The van der Waals surface area contributed by atoms with Crippen LogP contribution in [0.2, 0.25) is 0 Å². The van der Waals surface area contributed by atoms with E-state index in [1.54, 1.807) is 11.8 Å². The molecule has 0 aliphatic carbocycles. The molecule has 0 aromatic heterocycles. The molecule has 4 heteroatoms. The van der Waals surface area contributed by atoms with E-state index >= 15 is 0 Å². The second kappa shape index (κ2) is 4.49. The van der Waals surface area contributed by atoms with Crippen LogP contribution in [0.5, 0.6) is 0 Å². The number of carbonyl (C=O) groups is 1. The maximum Gasteiger partial charge on any atom is 0.256 e. The first-order chi connectivity index (χ1) is 9.46. The molecule has 1 aliphatic heterocycles. The van der Waals surface area contributed by atoms with E-state index in [1.165, 1.54) is 0 Å². The minimum atomic E-state index is -0.790. The molecule has 0 spiro atoms. The number of benzene rings is 2. The second-order valence-electron chi connectivity index (χ2n) is 5.76. The summed E-state index contributed by atoms with van der Waals surface area (Å²) >= 11 is 0. The molecule has 1 saturated heterocycles. The molecule has 3 rings (SSSR count). The highest BCUT2D eigenvalue weighted by Crippen LogP contribution is 2.26. The molecule has 0 radical (unpaired) electrons. The topological polar surface area (TPSA) is 66.6 Å². The fraction of sp³-hybridized carbons (Fsp3) is 0.312. The zero-order valence-corrected chi connectivity index (χ0v) is 11.5. The van der Waals surface area contributed by atoms with Gasteiger partial charge < -0.3 is 15.7 Å². The molecule has 1 fully saturated rings. The Morgan fingerprint density at radius 2 is 1.95 bits per heavy atom. The molecule has 4 nitrogen and oxygen atoms in total. The number of amides is 1. The lowest BCUT2D eigenvalue weighted by Crippen LogP contribution is -2.34. The number of fused-ring (bicyclic) bond motifs is 1. The number of nitrogens with two attached hydrogens (primary N) is 1. The first kappa shape index (κ1) is 12.9. The lowest BCUT2D eigenvalue weighted by molar-refractivity contribution is 0.0573. The van der Waals surface area contributed by atoms with Crippen LogP contribution in [0.3, 0.4) is 0 Å². The standard InChI is InChI=1S/C16H18N2O2/c1-16(20)6-7-18(10-16)15(19)13-8-11-4-2-3-5-12(11)9-14(13)17/h2-5,8-9,20H,6-7,10,17H2,1H3. The van der Waals surface area contributed by atoms with Crippen LogP contribution in [-0.2, 0) is 0 Å². The number of nitrogens with zero attached hydrogens (tertiary/aromatic N) is 1. The summed E-state index contributed by atoms with van der Waals surface area (Å²) in [5, 5.41) is 12.0. The molecule has 1 aliphatic rings. The molecular weight excluding hydrogens is 252 g/mol. The highest BCUT2D eigenvalue weighted by Gasteiger charge is 2.34. The van der Waals surface area contributed by atoms with Gasteiger partial charge in [0.05, 0.1) is 11.2 Å². The average Bonchev–Trinajstić information content (AvgIpc) is 2.77. The number of aliphatic hydroxyl groups is 1. The summed E-state index contributed by atoms with van der Waals surface area (Å²) < 4.78 is 0. The maximum absolute atomic E-state index is 12.5. The quantitative estimate of drug-likeness (QED) is 0.779. The largest absolute Gasteiger partial charge is 0.398 e. The van der Waals surface area contributed by atoms with Crippen LogP contribution in [0.15, 0.2) is 36.4 Å². The fourth-order valence-electron chi connectivity index (χ4n) is 2.73. The van der Waals surface area contributed by atoms with E-state index in [-0.39, 0.29) is 5.91 Å². The van der Waals surface area contributed by atoms with Crippen molar-refractivity contribution >= 4 is 22.4 Å². The Balaban J connectivity index is 1.97. The Kier molecular flexibility index (Phi) is 2.91. The summed E-state index contributed by atoms with van der Waals surface area (Å²) in [6.45, 7) is 2.68. The molecule has 0 saturated carbocycles. The Labute approximate surface area is 117 Å². The van der Waals surface area contributed by atoms with Gasteiger partial charge in [0.2, 0.25) is 0 Å². The Morgan fingerprint density at radius 1 is 1.30 bits per heavy atom. The molecule has 20 heavy (non-hydrogen) atoms. The summed E-state index contributed by atoms with van der Waals surface area (Å²) in [6, 6.07) is 11.5. The number of hydrogen-bond acceptors (Lipinski definition) is 3. The molecular formula is C16H18N2O2. The van der Waals surface area contributed by atoms with Crippen LogP contribution in [0.4, 0.5) is 5.69 Å². The SMILES string of the molecule is CC1(O)CCN(C(=O)c2cc3ccccc3cc2N)C1. The van der Waals surface area contributed by atoms with Crippen molar-refractivity contribution in [2.45, 2.75) is 18.9 Å². The summed E-state index contributed by atoms with van der Waals surface area (Å²) in [5.41, 5.74) is 6.22. The van der Waals surface area contributed by atoms with Crippen molar-refractivity contribution in [3.05, 3.63) is 42.0 Å². The molecule has 104 valence electrons. The number of anilines is 1. The predicted octanol–water partition coefficient (Wildman–Crippen LogP) is 2.02. The summed E-state index contributed by atoms with van der Waals surface area (Å²) in [6.07, 6.45) is 0.603. The average molecular weight is 270 g/mol. The van der Waals surface area contributed by atoms with E-state index in [4.69, 9.17) is 5.73 Å². The molecule has 1 atom stereocenters. The van der Waals surface area contributed by atoms with Gasteiger partial charge in [-0.05, 0) is 36.2 Å². The number of β-amino-alcohol motifs (C(OH)–C–C–N with tert-alkyl or cyclic N) is 1. The smallest absolute Gasteiger partial charge is 0.256 e. The third-order valence-electron chi connectivity index (χ3n) is 3.89. The zero-order chi connectivity index (χ0) is 14.3. The first-order valence-corrected chi connectivity index (χ1v) is 6.76. The number of rotatable bonds is 1. The zero-order valence-electron chi connectivity index (χ0n) is 11.5. The van der Waals surface area contributed by atoms with Crippen molar-refractivity contribution in [2.75, 3.05) is 18.8 Å². The second-order valence-corrected chi connectivity index (χ2v) is 5.76. The molecule has 0 bridgehead atoms. The molecule has 2 aromatic carbocycles. The van der Waals surface area contributed by atoms with Gasteiger partial charge in [0.1, 0.15) is 0 Å². The Morgan fingerprint density at radius 3 is 2.55 bits per heavy atom. The van der Waals surface area contributed by atoms with Crippen LogP contribution in [0.1, 0.15) is 23.7 Å². The van der Waals surface area contributed by atoms with Gasteiger partial charge in [0.15, 0.2) is 0 Å². The Hall–Kier alpha value is -2.07. The summed E-state index contributed by atoms with van der Waals surface area (Å²) in [5.74, 6) is -0.106. The minimum Gasteiger partial charge on any atom is -0.398 e. The van der Waals surface area contributed by atoms with Crippen LogP contribution >= 0.6 is 0 Å².